The smallest absolute Gasteiger partial charge is 0.253 e. The number of benzene rings is 1. The number of aryl methyl sites for hydroxylation is 1. The van der Waals surface area contributed by atoms with E-state index in [1.807, 2.05) is 43.0 Å². The van der Waals surface area contributed by atoms with Gasteiger partial charge < -0.3 is 10.6 Å². The molecule has 16 heavy (non-hydrogen) atoms. The van der Waals surface area contributed by atoms with Crippen molar-refractivity contribution in [3.05, 3.63) is 35.4 Å². The van der Waals surface area contributed by atoms with Crippen molar-refractivity contribution >= 4 is 5.91 Å². The van der Waals surface area contributed by atoms with Gasteiger partial charge in [-0.2, -0.15) is 0 Å². The minimum Gasteiger partial charge on any atom is -0.339 e. The monoisotopic (exact) mass is 220 g/mol. The second kappa shape index (κ2) is 6.28. The van der Waals surface area contributed by atoms with Crippen molar-refractivity contribution < 1.29 is 4.79 Å². The third-order valence-corrected chi connectivity index (χ3v) is 2.57. The Balaban J connectivity index is 2.74. The summed E-state index contributed by atoms with van der Waals surface area (Å²) in [5.74, 6) is 0.0969. The number of rotatable bonds is 5. The molecule has 1 aromatic carbocycles. The molecule has 0 aliphatic rings. The summed E-state index contributed by atoms with van der Waals surface area (Å²) in [5, 5.41) is 0. The van der Waals surface area contributed by atoms with Gasteiger partial charge in [0.25, 0.3) is 5.91 Å². The van der Waals surface area contributed by atoms with Crippen LogP contribution in [0.4, 0.5) is 0 Å². The highest BCUT2D eigenvalue weighted by molar-refractivity contribution is 5.94. The van der Waals surface area contributed by atoms with Crippen LogP contribution in [-0.2, 0) is 0 Å². The van der Waals surface area contributed by atoms with Gasteiger partial charge in [-0.15, -0.1) is 0 Å². The Morgan fingerprint density at radius 1 is 1.44 bits per heavy atom. The van der Waals surface area contributed by atoms with Gasteiger partial charge >= 0.3 is 0 Å². The van der Waals surface area contributed by atoms with E-state index in [0.717, 1.165) is 30.6 Å². The molecule has 0 aromatic heterocycles. The zero-order valence-corrected chi connectivity index (χ0v) is 10.1. The number of nitrogens with zero attached hydrogens (tertiary/aromatic N) is 1. The van der Waals surface area contributed by atoms with E-state index in [2.05, 4.69) is 0 Å². The van der Waals surface area contributed by atoms with Crippen LogP contribution in [-0.4, -0.2) is 30.4 Å². The summed E-state index contributed by atoms with van der Waals surface area (Å²) in [6.45, 7) is 6.07. The third kappa shape index (κ3) is 3.35. The molecule has 3 heteroatoms. The van der Waals surface area contributed by atoms with E-state index in [1.54, 1.807) is 0 Å². The quantitative estimate of drug-likeness (QED) is 0.822. The van der Waals surface area contributed by atoms with Gasteiger partial charge in [0.2, 0.25) is 0 Å². The number of amides is 1. The SMILES string of the molecule is CCN(CCCN)C(=O)c1cccc(C)c1. The van der Waals surface area contributed by atoms with Gasteiger partial charge in [-0.3, -0.25) is 4.79 Å². The summed E-state index contributed by atoms with van der Waals surface area (Å²) >= 11 is 0. The molecule has 0 unspecified atom stereocenters. The number of nitrogens with two attached hydrogens (primary N) is 1. The average molecular weight is 220 g/mol. The first-order chi connectivity index (χ1) is 7.69. The lowest BCUT2D eigenvalue weighted by Gasteiger charge is -2.20. The Morgan fingerprint density at radius 3 is 2.75 bits per heavy atom. The molecule has 0 atom stereocenters. The summed E-state index contributed by atoms with van der Waals surface area (Å²) in [6, 6.07) is 7.69. The van der Waals surface area contributed by atoms with Crippen molar-refractivity contribution in [3.8, 4) is 0 Å². The second-order valence-electron chi connectivity index (χ2n) is 3.90. The molecule has 0 heterocycles. The van der Waals surface area contributed by atoms with Crippen molar-refractivity contribution in [2.75, 3.05) is 19.6 Å². The molecule has 3 nitrogen and oxygen atoms in total. The fourth-order valence-corrected chi connectivity index (χ4v) is 1.65. The van der Waals surface area contributed by atoms with Crippen molar-refractivity contribution in [2.24, 2.45) is 5.73 Å². The minimum absolute atomic E-state index is 0.0969. The van der Waals surface area contributed by atoms with E-state index in [4.69, 9.17) is 5.73 Å². The summed E-state index contributed by atoms with van der Waals surface area (Å²) in [6.07, 6.45) is 0.853. The number of hydrogen-bond acceptors (Lipinski definition) is 2. The summed E-state index contributed by atoms with van der Waals surface area (Å²) < 4.78 is 0. The fourth-order valence-electron chi connectivity index (χ4n) is 1.65. The molecule has 0 aliphatic carbocycles. The lowest BCUT2D eigenvalue weighted by Crippen LogP contribution is -2.32. The molecule has 0 saturated carbocycles. The van der Waals surface area contributed by atoms with E-state index in [1.165, 1.54) is 0 Å². The third-order valence-electron chi connectivity index (χ3n) is 2.57. The summed E-state index contributed by atoms with van der Waals surface area (Å²) in [4.78, 5) is 14.0. The van der Waals surface area contributed by atoms with E-state index in [0.29, 0.717) is 6.54 Å². The minimum atomic E-state index is 0.0969. The van der Waals surface area contributed by atoms with Crippen molar-refractivity contribution in [3.63, 3.8) is 0 Å². The Labute approximate surface area is 97.2 Å². The van der Waals surface area contributed by atoms with Crippen molar-refractivity contribution in [2.45, 2.75) is 20.3 Å². The lowest BCUT2D eigenvalue weighted by atomic mass is 10.1. The number of carbonyl (C=O) groups is 1. The molecule has 1 amide bonds. The van der Waals surface area contributed by atoms with Crippen LogP contribution in [0.3, 0.4) is 0 Å². The molecule has 0 aliphatic heterocycles. The Bertz CT molecular complexity index is 350. The highest BCUT2D eigenvalue weighted by Gasteiger charge is 2.12. The first-order valence-corrected chi connectivity index (χ1v) is 5.75. The normalized spacial score (nSPS) is 10.2. The predicted octanol–water partition coefficient (Wildman–Crippen LogP) is 1.81. The van der Waals surface area contributed by atoms with Gasteiger partial charge in [0.05, 0.1) is 0 Å². The second-order valence-corrected chi connectivity index (χ2v) is 3.90. The van der Waals surface area contributed by atoms with E-state index >= 15 is 0 Å². The topological polar surface area (TPSA) is 46.3 Å². The van der Waals surface area contributed by atoms with Crippen LogP contribution in [0.2, 0.25) is 0 Å². The van der Waals surface area contributed by atoms with E-state index in [-0.39, 0.29) is 5.91 Å². The molecule has 1 rings (SSSR count). The highest BCUT2D eigenvalue weighted by Crippen LogP contribution is 2.08. The van der Waals surface area contributed by atoms with Crippen LogP contribution >= 0.6 is 0 Å². The van der Waals surface area contributed by atoms with Crippen molar-refractivity contribution in [1.29, 1.82) is 0 Å². The molecule has 0 bridgehead atoms. The van der Waals surface area contributed by atoms with Crippen LogP contribution in [0.15, 0.2) is 24.3 Å². The van der Waals surface area contributed by atoms with Gasteiger partial charge in [0.15, 0.2) is 0 Å². The Morgan fingerprint density at radius 2 is 2.19 bits per heavy atom. The summed E-state index contributed by atoms with van der Waals surface area (Å²) in [5.41, 5.74) is 7.33. The molecule has 0 fully saturated rings. The fraction of sp³-hybridized carbons (Fsp3) is 0.462. The largest absolute Gasteiger partial charge is 0.339 e. The van der Waals surface area contributed by atoms with Crippen LogP contribution in [0.25, 0.3) is 0 Å². The van der Waals surface area contributed by atoms with Gasteiger partial charge in [0.1, 0.15) is 0 Å². The first kappa shape index (κ1) is 12.7. The maximum absolute atomic E-state index is 12.1. The highest BCUT2D eigenvalue weighted by atomic mass is 16.2. The molecule has 88 valence electrons. The molecular weight excluding hydrogens is 200 g/mol. The maximum Gasteiger partial charge on any atom is 0.253 e. The van der Waals surface area contributed by atoms with Crippen LogP contribution in [0.5, 0.6) is 0 Å². The summed E-state index contributed by atoms with van der Waals surface area (Å²) in [7, 11) is 0. The van der Waals surface area contributed by atoms with E-state index < -0.39 is 0 Å². The molecule has 0 spiro atoms. The standard InChI is InChI=1S/C13H20N2O/c1-3-15(9-5-8-14)13(16)12-7-4-6-11(2)10-12/h4,6-7,10H,3,5,8-9,14H2,1-2H3. The molecule has 2 N–H and O–H groups in total. The first-order valence-electron chi connectivity index (χ1n) is 5.75. The van der Waals surface area contributed by atoms with Gasteiger partial charge in [0, 0.05) is 18.7 Å². The van der Waals surface area contributed by atoms with Crippen LogP contribution in [0, 0.1) is 6.92 Å². The molecular formula is C13H20N2O. The zero-order valence-electron chi connectivity index (χ0n) is 10.1. The number of hydrogen-bond donors (Lipinski definition) is 1. The Kier molecular flexibility index (Phi) is 4.99. The lowest BCUT2D eigenvalue weighted by molar-refractivity contribution is 0.0763. The van der Waals surface area contributed by atoms with Gasteiger partial charge in [-0.1, -0.05) is 17.7 Å². The predicted molar refractivity (Wildman–Crippen MR) is 66.4 cm³/mol. The molecule has 0 saturated heterocycles. The molecule has 1 aromatic rings. The average Bonchev–Trinajstić information content (AvgIpc) is 2.29. The maximum atomic E-state index is 12.1. The van der Waals surface area contributed by atoms with Crippen LogP contribution in [0.1, 0.15) is 29.3 Å². The zero-order chi connectivity index (χ0) is 12.0. The number of carbonyl (C=O) groups excluding carboxylic acids is 1. The van der Waals surface area contributed by atoms with Crippen LogP contribution < -0.4 is 5.73 Å². The Hall–Kier alpha value is -1.35. The van der Waals surface area contributed by atoms with Crippen molar-refractivity contribution in [1.82, 2.24) is 4.90 Å². The van der Waals surface area contributed by atoms with Gasteiger partial charge in [-0.05, 0) is 38.9 Å². The van der Waals surface area contributed by atoms with Gasteiger partial charge in [-0.25, -0.2) is 0 Å². The molecule has 0 radical (unpaired) electrons. The van der Waals surface area contributed by atoms with E-state index in [9.17, 15) is 4.79 Å².